The molecule has 0 amide bonds. The number of nitrogens with zero attached hydrogens (tertiary/aromatic N) is 1. The van der Waals surface area contributed by atoms with Crippen LogP contribution in [0.4, 0.5) is 5.69 Å². The maximum atomic E-state index is 12.2. The molecule has 0 spiro atoms. The number of anilines is 1. The zero-order chi connectivity index (χ0) is 15.7. The summed E-state index contributed by atoms with van der Waals surface area (Å²) in [6.07, 6.45) is 2.44. The van der Waals surface area contributed by atoms with E-state index in [9.17, 15) is 8.42 Å². The molecular weight excluding hydrogens is 290 g/mol. The molecule has 120 valence electrons. The predicted molar refractivity (Wildman–Crippen MR) is 83.9 cm³/mol. The fraction of sp³-hybridized carbons (Fsp3) is 0.643. The van der Waals surface area contributed by atoms with Crippen LogP contribution in [0.1, 0.15) is 27.2 Å². The minimum Gasteiger partial charge on any atom is -0.383 e. The van der Waals surface area contributed by atoms with Crippen LogP contribution in [-0.2, 0) is 14.8 Å². The number of aromatic nitrogens is 1. The van der Waals surface area contributed by atoms with Crippen molar-refractivity contribution in [2.24, 2.45) is 5.92 Å². The highest BCUT2D eigenvalue weighted by Crippen LogP contribution is 2.17. The van der Waals surface area contributed by atoms with Crippen molar-refractivity contribution >= 4 is 15.7 Å². The first-order chi connectivity index (χ1) is 9.97. The summed E-state index contributed by atoms with van der Waals surface area (Å²) in [4.78, 5) is 3.95. The molecule has 1 heterocycles. The molecule has 21 heavy (non-hydrogen) atoms. The molecule has 0 atom stereocenters. The van der Waals surface area contributed by atoms with Gasteiger partial charge in [-0.25, -0.2) is 18.1 Å². The zero-order valence-corrected chi connectivity index (χ0v) is 13.7. The Labute approximate surface area is 127 Å². The van der Waals surface area contributed by atoms with Gasteiger partial charge in [-0.15, -0.1) is 0 Å². The van der Waals surface area contributed by atoms with Crippen molar-refractivity contribution in [3.05, 3.63) is 18.3 Å². The van der Waals surface area contributed by atoms with Crippen molar-refractivity contribution in [3.8, 4) is 0 Å². The van der Waals surface area contributed by atoms with Crippen LogP contribution in [0.15, 0.2) is 23.4 Å². The number of pyridine rings is 1. The minimum absolute atomic E-state index is 0.0223. The Balaban J connectivity index is 2.50. The van der Waals surface area contributed by atoms with Crippen LogP contribution in [-0.4, -0.2) is 39.7 Å². The van der Waals surface area contributed by atoms with Crippen molar-refractivity contribution in [1.29, 1.82) is 0 Å². The predicted octanol–water partition coefficient (Wildman–Crippen LogP) is 1.85. The van der Waals surface area contributed by atoms with Gasteiger partial charge in [-0.3, -0.25) is 0 Å². The smallest absolute Gasteiger partial charge is 0.260 e. The molecular formula is C14H25N3O3S. The molecule has 0 aliphatic heterocycles. The normalized spacial score (nSPS) is 11.8. The third kappa shape index (κ3) is 6.41. The maximum Gasteiger partial charge on any atom is 0.260 e. The maximum absolute atomic E-state index is 12.2. The van der Waals surface area contributed by atoms with E-state index in [0.29, 0.717) is 31.4 Å². The highest BCUT2D eigenvalue weighted by Gasteiger charge is 2.19. The lowest BCUT2D eigenvalue weighted by molar-refractivity contribution is 0.128. The lowest BCUT2D eigenvalue weighted by Crippen LogP contribution is -2.29. The Morgan fingerprint density at radius 2 is 2.10 bits per heavy atom. The largest absolute Gasteiger partial charge is 0.383 e. The summed E-state index contributed by atoms with van der Waals surface area (Å²) in [5.74, 6) is 0.581. The molecule has 0 aromatic carbocycles. The number of nitrogens with one attached hydrogen (secondary N) is 2. The lowest BCUT2D eigenvalue weighted by Gasteiger charge is -2.11. The Kier molecular flexibility index (Phi) is 7.63. The van der Waals surface area contributed by atoms with Gasteiger partial charge in [0, 0.05) is 25.9 Å². The van der Waals surface area contributed by atoms with E-state index in [-0.39, 0.29) is 11.6 Å². The van der Waals surface area contributed by atoms with E-state index >= 15 is 0 Å². The average Bonchev–Trinajstić information content (AvgIpc) is 2.43. The molecule has 7 heteroatoms. The number of sulfonamides is 1. The van der Waals surface area contributed by atoms with Crippen LogP contribution in [0, 0.1) is 5.92 Å². The van der Waals surface area contributed by atoms with Crippen LogP contribution in [0.3, 0.4) is 0 Å². The van der Waals surface area contributed by atoms with Gasteiger partial charge < -0.3 is 10.1 Å². The second-order valence-corrected chi connectivity index (χ2v) is 6.76. The van der Waals surface area contributed by atoms with Gasteiger partial charge in [-0.2, -0.15) is 0 Å². The number of ether oxygens (including phenoxy) is 1. The van der Waals surface area contributed by atoms with Gasteiger partial charge >= 0.3 is 0 Å². The molecule has 0 radical (unpaired) electrons. The third-order valence-corrected chi connectivity index (χ3v) is 4.19. The Morgan fingerprint density at radius 1 is 1.33 bits per heavy atom. The summed E-state index contributed by atoms with van der Waals surface area (Å²) < 4.78 is 32.3. The highest BCUT2D eigenvalue weighted by molar-refractivity contribution is 7.89. The van der Waals surface area contributed by atoms with E-state index in [2.05, 4.69) is 28.9 Å². The van der Waals surface area contributed by atoms with Gasteiger partial charge in [0.1, 0.15) is 0 Å². The lowest BCUT2D eigenvalue weighted by atomic mass is 10.1. The van der Waals surface area contributed by atoms with E-state index in [0.717, 1.165) is 6.42 Å². The van der Waals surface area contributed by atoms with Crippen molar-refractivity contribution in [3.63, 3.8) is 0 Å². The molecule has 0 fully saturated rings. The number of rotatable bonds is 10. The van der Waals surface area contributed by atoms with Crippen molar-refractivity contribution in [2.75, 3.05) is 31.6 Å². The zero-order valence-electron chi connectivity index (χ0n) is 12.9. The molecule has 0 aliphatic carbocycles. The first-order valence-electron chi connectivity index (χ1n) is 7.23. The van der Waals surface area contributed by atoms with Crippen LogP contribution in [0.2, 0.25) is 0 Å². The quantitative estimate of drug-likeness (QED) is 0.644. The van der Waals surface area contributed by atoms with E-state index in [1.165, 1.54) is 6.20 Å². The summed E-state index contributed by atoms with van der Waals surface area (Å²) in [5, 5.41) is 3.01. The summed E-state index contributed by atoms with van der Waals surface area (Å²) in [6.45, 7) is 8.01. The molecule has 0 saturated heterocycles. The molecule has 0 aliphatic rings. The minimum atomic E-state index is -3.62. The molecule has 0 saturated carbocycles. The second-order valence-electron chi connectivity index (χ2n) is 5.08. The van der Waals surface area contributed by atoms with Crippen molar-refractivity contribution in [1.82, 2.24) is 9.71 Å². The number of hydrogen-bond acceptors (Lipinski definition) is 5. The summed E-state index contributed by atoms with van der Waals surface area (Å²) in [5.41, 5.74) is 0.508. The van der Waals surface area contributed by atoms with Gasteiger partial charge in [0.25, 0.3) is 10.0 Å². The SMILES string of the molecule is CCNc1cccnc1S(=O)(=O)NCCOCCC(C)C. The molecule has 6 nitrogen and oxygen atoms in total. The van der Waals surface area contributed by atoms with E-state index in [1.54, 1.807) is 12.1 Å². The molecule has 1 aromatic rings. The van der Waals surface area contributed by atoms with E-state index in [4.69, 9.17) is 4.74 Å². The molecule has 1 aromatic heterocycles. The summed E-state index contributed by atoms with van der Waals surface area (Å²) in [6, 6.07) is 3.40. The third-order valence-electron chi connectivity index (χ3n) is 2.77. The Morgan fingerprint density at radius 3 is 2.76 bits per heavy atom. The van der Waals surface area contributed by atoms with Gasteiger partial charge in [0.2, 0.25) is 0 Å². The Hall–Kier alpha value is -1.18. The monoisotopic (exact) mass is 315 g/mol. The fourth-order valence-electron chi connectivity index (χ4n) is 1.67. The van der Waals surface area contributed by atoms with Crippen LogP contribution >= 0.6 is 0 Å². The molecule has 0 unspecified atom stereocenters. The van der Waals surface area contributed by atoms with E-state index < -0.39 is 10.0 Å². The van der Waals surface area contributed by atoms with Gasteiger partial charge in [-0.1, -0.05) is 13.8 Å². The molecule has 0 bridgehead atoms. The Bertz CT molecular complexity index is 518. The van der Waals surface area contributed by atoms with Gasteiger partial charge in [-0.05, 0) is 31.4 Å². The first kappa shape index (κ1) is 17.9. The van der Waals surface area contributed by atoms with E-state index in [1.807, 2.05) is 6.92 Å². The summed E-state index contributed by atoms with van der Waals surface area (Å²) in [7, 11) is -3.62. The first-order valence-corrected chi connectivity index (χ1v) is 8.72. The van der Waals surface area contributed by atoms with Gasteiger partial charge in [0.15, 0.2) is 5.03 Å². The standard InChI is InChI=1S/C14H25N3O3S/c1-4-15-13-6-5-8-16-14(13)21(18,19)17-9-11-20-10-7-12(2)3/h5-6,8,12,15,17H,4,7,9-11H2,1-3H3. The van der Waals surface area contributed by atoms with Crippen LogP contribution in [0.5, 0.6) is 0 Å². The fourth-order valence-corrected chi connectivity index (χ4v) is 2.79. The topological polar surface area (TPSA) is 80.3 Å². The van der Waals surface area contributed by atoms with Crippen LogP contribution < -0.4 is 10.0 Å². The molecule has 1 rings (SSSR count). The second kappa shape index (κ2) is 8.96. The van der Waals surface area contributed by atoms with Crippen molar-refractivity contribution in [2.45, 2.75) is 32.2 Å². The van der Waals surface area contributed by atoms with Gasteiger partial charge in [0.05, 0.1) is 12.3 Å². The molecule has 2 N–H and O–H groups in total. The number of hydrogen-bond donors (Lipinski definition) is 2. The van der Waals surface area contributed by atoms with Crippen LogP contribution in [0.25, 0.3) is 0 Å². The highest BCUT2D eigenvalue weighted by atomic mass is 32.2. The summed E-state index contributed by atoms with van der Waals surface area (Å²) >= 11 is 0. The van der Waals surface area contributed by atoms with Crippen molar-refractivity contribution < 1.29 is 13.2 Å². The average molecular weight is 315 g/mol.